The van der Waals surface area contributed by atoms with Gasteiger partial charge in [-0.2, -0.15) is 0 Å². The number of rotatable bonds is 6. The summed E-state index contributed by atoms with van der Waals surface area (Å²) in [5.74, 6) is 0.225. The maximum Gasteiger partial charge on any atom is 0.316 e. The standard InChI is InChI=1S/C26H35NO4/c1-8-17-10-15(3)11-18(9-2)21(17)22-23(28)19-12-16(14-27-30-7)13-20(19)24(22)31-25(29)26(4,5)6/h10-11,14,16,19-20H,8-9,12-13H2,1-7H3. The van der Waals surface area contributed by atoms with Crippen LogP contribution in [-0.4, -0.2) is 25.1 Å². The van der Waals surface area contributed by atoms with E-state index in [1.807, 2.05) is 20.8 Å². The summed E-state index contributed by atoms with van der Waals surface area (Å²) in [6.45, 7) is 11.8. The van der Waals surface area contributed by atoms with Crippen molar-refractivity contribution in [1.82, 2.24) is 0 Å². The fourth-order valence-electron chi connectivity index (χ4n) is 4.86. The smallest absolute Gasteiger partial charge is 0.316 e. The van der Waals surface area contributed by atoms with Crippen molar-refractivity contribution in [3.05, 3.63) is 40.1 Å². The Morgan fingerprint density at radius 3 is 2.23 bits per heavy atom. The first-order chi connectivity index (χ1) is 14.6. The lowest BCUT2D eigenvalue weighted by Gasteiger charge is -2.22. The van der Waals surface area contributed by atoms with Crippen LogP contribution >= 0.6 is 0 Å². The Balaban J connectivity index is 2.17. The molecular weight excluding hydrogens is 390 g/mol. The molecule has 2 aliphatic rings. The number of allylic oxidation sites excluding steroid dienone is 2. The highest BCUT2D eigenvalue weighted by atomic mass is 16.6. The Labute approximate surface area is 185 Å². The summed E-state index contributed by atoms with van der Waals surface area (Å²) in [5.41, 5.74) is 4.43. The van der Waals surface area contributed by atoms with Crippen molar-refractivity contribution in [2.24, 2.45) is 28.3 Å². The van der Waals surface area contributed by atoms with E-state index < -0.39 is 5.41 Å². The van der Waals surface area contributed by atoms with Gasteiger partial charge >= 0.3 is 5.97 Å². The lowest BCUT2D eigenvalue weighted by molar-refractivity contribution is -0.149. The zero-order valence-electron chi connectivity index (χ0n) is 19.9. The van der Waals surface area contributed by atoms with E-state index in [4.69, 9.17) is 9.57 Å². The highest BCUT2D eigenvalue weighted by molar-refractivity contribution is 6.26. The predicted octanol–water partition coefficient (Wildman–Crippen LogP) is 5.28. The van der Waals surface area contributed by atoms with Crippen molar-refractivity contribution < 1.29 is 19.2 Å². The minimum absolute atomic E-state index is 0.0992. The third-order valence-corrected chi connectivity index (χ3v) is 6.42. The zero-order chi connectivity index (χ0) is 22.9. The molecule has 1 aromatic carbocycles. The number of ketones is 1. The fourth-order valence-corrected chi connectivity index (χ4v) is 4.86. The third kappa shape index (κ3) is 4.46. The van der Waals surface area contributed by atoms with E-state index in [0.29, 0.717) is 17.8 Å². The first-order valence-electron chi connectivity index (χ1n) is 11.3. The number of esters is 1. The van der Waals surface area contributed by atoms with Crippen LogP contribution < -0.4 is 0 Å². The summed E-state index contributed by atoms with van der Waals surface area (Å²) in [7, 11) is 1.52. The predicted molar refractivity (Wildman–Crippen MR) is 123 cm³/mol. The van der Waals surface area contributed by atoms with E-state index in [9.17, 15) is 9.59 Å². The van der Waals surface area contributed by atoms with Gasteiger partial charge < -0.3 is 9.57 Å². The Morgan fingerprint density at radius 1 is 1.13 bits per heavy atom. The first kappa shape index (κ1) is 23.2. The van der Waals surface area contributed by atoms with Crippen LogP contribution in [0, 0.1) is 30.1 Å². The van der Waals surface area contributed by atoms with Crippen LogP contribution in [0.2, 0.25) is 0 Å². The fraction of sp³-hybridized carbons (Fsp3) is 0.577. The van der Waals surface area contributed by atoms with Gasteiger partial charge in [0.25, 0.3) is 0 Å². The number of carbonyl (C=O) groups is 2. The molecule has 1 fully saturated rings. The van der Waals surface area contributed by atoms with Gasteiger partial charge in [0.1, 0.15) is 12.9 Å². The summed E-state index contributed by atoms with van der Waals surface area (Å²) in [6.07, 6.45) is 4.84. The molecule has 0 heterocycles. The molecule has 0 amide bonds. The molecule has 0 radical (unpaired) electrons. The maximum absolute atomic E-state index is 13.7. The molecule has 1 aromatic rings. The molecule has 5 nitrogen and oxygen atoms in total. The number of hydrogen-bond acceptors (Lipinski definition) is 5. The molecule has 1 saturated carbocycles. The normalized spacial score (nSPS) is 23.6. The van der Waals surface area contributed by atoms with Crippen LogP contribution in [0.15, 0.2) is 23.0 Å². The van der Waals surface area contributed by atoms with Crippen LogP contribution in [0.3, 0.4) is 0 Å². The van der Waals surface area contributed by atoms with Gasteiger partial charge in [-0.1, -0.05) is 36.7 Å². The van der Waals surface area contributed by atoms with Gasteiger partial charge in [-0.05, 0) is 76.0 Å². The molecule has 5 heteroatoms. The van der Waals surface area contributed by atoms with E-state index in [0.717, 1.165) is 36.0 Å². The highest BCUT2D eigenvalue weighted by Crippen LogP contribution is 2.52. The summed E-state index contributed by atoms with van der Waals surface area (Å²) in [5, 5.41) is 3.91. The number of nitrogens with zero attached hydrogens (tertiary/aromatic N) is 1. The molecule has 31 heavy (non-hydrogen) atoms. The zero-order valence-corrected chi connectivity index (χ0v) is 19.9. The van der Waals surface area contributed by atoms with E-state index >= 15 is 0 Å². The van der Waals surface area contributed by atoms with Crippen LogP contribution in [0.25, 0.3) is 5.57 Å². The number of hydrogen-bond donors (Lipinski definition) is 0. The Kier molecular flexibility index (Phi) is 6.73. The van der Waals surface area contributed by atoms with Crippen molar-refractivity contribution in [3.8, 4) is 0 Å². The number of Topliss-reactive ketones (excluding diaryl/α,β-unsaturated/α-hetero) is 1. The molecule has 168 valence electrons. The molecule has 3 rings (SSSR count). The average molecular weight is 426 g/mol. The number of fused-ring (bicyclic) bond motifs is 1. The lowest BCUT2D eigenvalue weighted by Crippen LogP contribution is -2.24. The summed E-state index contributed by atoms with van der Waals surface area (Å²) in [6, 6.07) is 4.31. The molecule has 0 aliphatic heterocycles. The second-order valence-corrected chi connectivity index (χ2v) is 9.79. The third-order valence-electron chi connectivity index (χ3n) is 6.42. The van der Waals surface area contributed by atoms with Crippen molar-refractivity contribution in [2.75, 3.05) is 7.11 Å². The summed E-state index contributed by atoms with van der Waals surface area (Å²) >= 11 is 0. The molecule has 0 spiro atoms. The SMILES string of the molecule is CCc1cc(C)cc(CC)c1C1=C(OC(=O)C(C)(C)C)C2CC(C=NOC)CC2C1=O. The minimum Gasteiger partial charge on any atom is -0.430 e. The Morgan fingerprint density at radius 2 is 1.71 bits per heavy atom. The Bertz CT molecular complexity index is 910. The van der Waals surface area contributed by atoms with Gasteiger partial charge in [0.05, 0.1) is 11.0 Å². The molecule has 0 bridgehead atoms. The molecule has 3 atom stereocenters. The van der Waals surface area contributed by atoms with Crippen molar-refractivity contribution in [3.63, 3.8) is 0 Å². The average Bonchev–Trinajstić information content (AvgIpc) is 3.23. The van der Waals surface area contributed by atoms with E-state index in [1.165, 1.54) is 12.7 Å². The van der Waals surface area contributed by atoms with Gasteiger partial charge in [-0.25, -0.2) is 0 Å². The van der Waals surface area contributed by atoms with Crippen molar-refractivity contribution in [2.45, 2.75) is 67.2 Å². The largest absolute Gasteiger partial charge is 0.430 e. The highest BCUT2D eigenvalue weighted by Gasteiger charge is 2.50. The molecular formula is C26H35NO4. The monoisotopic (exact) mass is 425 g/mol. The second-order valence-electron chi connectivity index (χ2n) is 9.79. The van der Waals surface area contributed by atoms with Gasteiger partial charge in [-0.15, -0.1) is 0 Å². The van der Waals surface area contributed by atoms with E-state index in [2.05, 4.69) is 38.1 Å². The van der Waals surface area contributed by atoms with E-state index in [1.54, 1.807) is 6.21 Å². The van der Waals surface area contributed by atoms with Gasteiger partial charge in [0.2, 0.25) is 0 Å². The number of carbonyl (C=O) groups excluding carboxylic acids is 2. The molecule has 3 unspecified atom stereocenters. The number of aryl methyl sites for hydroxylation is 3. The van der Waals surface area contributed by atoms with Crippen LogP contribution in [-0.2, 0) is 32.0 Å². The molecule has 0 N–H and O–H groups in total. The first-order valence-corrected chi connectivity index (χ1v) is 11.3. The molecule has 0 saturated heterocycles. The number of ether oxygens (including phenoxy) is 1. The Hall–Kier alpha value is -2.43. The molecule has 0 aromatic heterocycles. The number of oxime groups is 1. The van der Waals surface area contributed by atoms with Gasteiger partial charge in [-0.3, -0.25) is 9.59 Å². The summed E-state index contributed by atoms with van der Waals surface area (Å²) < 4.78 is 6.05. The quantitative estimate of drug-likeness (QED) is 0.353. The minimum atomic E-state index is -0.650. The van der Waals surface area contributed by atoms with Crippen molar-refractivity contribution in [1.29, 1.82) is 0 Å². The lowest BCUT2D eigenvalue weighted by atomic mass is 9.87. The summed E-state index contributed by atoms with van der Waals surface area (Å²) in [4.78, 5) is 31.5. The topological polar surface area (TPSA) is 65.0 Å². The van der Waals surface area contributed by atoms with Gasteiger partial charge in [0.15, 0.2) is 5.78 Å². The van der Waals surface area contributed by atoms with Crippen LogP contribution in [0.5, 0.6) is 0 Å². The maximum atomic E-state index is 13.7. The van der Waals surface area contributed by atoms with Crippen molar-refractivity contribution >= 4 is 23.5 Å². The van der Waals surface area contributed by atoms with E-state index in [-0.39, 0.29) is 29.5 Å². The van der Waals surface area contributed by atoms with Crippen LogP contribution in [0.1, 0.15) is 69.7 Å². The second kappa shape index (κ2) is 8.97. The van der Waals surface area contributed by atoms with Crippen LogP contribution in [0.4, 0.5) is 0 Å². The van der Waals surface area contributed by atoms with Gasteiger partial charge in [0, 0.05) is 18.1 Å². The molecule has 2 aliphatic carbocycles. The number of benzene rings is 1.